The summed E-state index contributed by atoms with van der Waals surface area (Å²) in [6.07, 6.45) is 4.10. The van der Waals surface area contributed by atoms with Crippen molar-refractivity contribution in [3.05, 3.63) is 48.0 Å². The van der Waals surface area contributed by atoms with Crippen LogP contribution in [0.5, 0.6) is 0 Å². The summed E-state index contributed by atoms with van der Waals surface area (Å²) >= 11 is 0. The minimum Gasteiger partial charge on any atom is -0.306 e. The summed E-state index contributed by atoms with van der Waals surface area (Å²) in [6.45, 7) is 4.13. The van der Waals surface area contributed by atoms with Crippen molar-refractivity contribution in [1.82, 2.24) is 25.0 Å². The summed E-state index contributed by atoms with van der Waals surface area (Å²) < 4.78 is 1.83. The first-order chi connectivity index (χ1) is 10.3. The van der Waals surface area contributed by atoms with Gasteiger partial charge in [-0.25, -0.2) is 4.98 Å². The fraction of sp³-hybridized carbons (Fsp3) is 0.500. The lowest BCUT2D eigenvalue weighted by molar-refractivity contribution is 0.182. The molecule has 1 aromatic carbocycles. The van der Waals surface area contributed by atoms with E-state index in [1.807, 2.05) is 11.7 Å². The average Bonchev–Trinajstić information content (AvgIpc) is 2.92. The Bertz CT molecular complexity index is 551. The molecule has 0 radical (unpaired) electrons. The number of benzene rings is 1. The van der Waals surface area contributed by atoms with Crippen LogP contribution in [-0.4, -0.2) is 38.8 Å². The minimum atomic E-state index is 0.541. The second-order valence-electron chi connectivity index (χ2n) is 5.74. The first-order valence-corrected chi connectivity index (χ1v) is 7.64. The van der Waals surface area contributed by atoms with Gasteiger partial charge in [0.25, 0.3) is 0 Å². The monoisotopic (exact) mass is 285 g/mol. The molecule has 5 nitrogen and oxygen atoms in total. The molecule has 2 heterocycles. The van der Waals surface area contributed by atoms with Crippen molar-refractivity contribution in [2.75, 3.05) is 13.1 Å². The Hall–Kier alpha value is -1.72. The molecule has 1 N–H and O–H groups in total. The van der Waals surface area contributed by atoms with Gasteiger partial charge >= 0.3 is 0 Å². The van der Waals surface area contributed by atoms with Crippen LogP contribution in [0, 0.1) is 0 Å². The SMILES string of the molecule is Cn1ncnc1CNC1CCCN(Cc2ccccc2)C1. The van der Waals surface area contributed by atoms with Crippen LogP contribution in [0.15, 0.2) is 36.7 Å². The van der Waals surface area contributed by atoms with E-state index >= 15 is 0 Å². The first kappa shape index (κ1) is 14.2. The molecular weight excluding hydrogens is 262 g/mol. The van der Waals surface area contributed by atoms with E-state index in [1.54, 1.807) is 6.33 Å². The molecule has 1 aliphatic rings. The molecule has 1 aromatic heterocycles. The molecule has 112 valence electrons. The van der Waals surface area contributed by atoms with Gasteiger partial charge in [0, 0.05) is 26.2 Å². The minimum absolute atomic E-state index is 0.541. The molecule has 0 amide bonds. The first-order valence-electron chi connectivity index (χ1n) is 7.64. The van der Waals surface area contributed by atoms with Crippen molar-refractivity contribution < 1.29 is 0 Å². The van der Waals surface area contributed by atoms with Gasteiger partial charge in [0.05, 0.1) is 6.54 Å². The Morgan fingerprint density at radius 3 is 2.90 bits per heavy atom. The average molecular weight is 285 g/mol. The zero-order valence-electron chi connectivity index (χ0n) is 12.6. The number of nitrogens with one attached hydrogen (secondary N) is 1. The predicted octanol–water partition coefficient (Wildman–Crippen LogP) is 1.57. The topological polar surface area (TPSA) is 46.0 Å². The van der Waals surface area contributed by atoms with Crippen molar-refractivity contribution in [2.24, 2.45) is 7.05 Å². The number of hydrogen-bond acceptors (Lipinski definition) is 4. The summed E-state index contributed by atoms with van der Waals surface area (Å²) in [7, 11) is 1.94. The molecule has 5 heteroatoms. The Labute approximate surface area is 126 Å². The zero-order valence-corrected chi connectivity index (χ0v) is 12.6. The molecule has 1 unspecified atom stereocenters. The molecule has 1 fully saturated rings. The van der Waals surface area contributed by atoms with E-state index in [1.165, 1.54) is 24.9 Å². The van der Waals surface area contributed by atoms with Gasteiger partial charge in [-0.3, -0.25) is 9.58 Å². The summed E-state index contributed by atoms with van der Waals surface area (Å²) in [5.41, 5.74) is 1.39. The van der Waals surface area contributed by atoms with Crippen molar-refractivity contribution in [3.63, 3.8) is 0 Å². The van der Waals surface area contributed by atoms with Crippen molar-refractivity contribution in [3.8, 4) is 0 Å². The summed E-state index contributed by atoms with van der Waals surface area (Å²) in [5.74, 6) is 0.996. The Morgan fingerprint density at radius 1 is 1.29 bits per heavy atom. The molecule has 3 rings (SSSR count). The lowest BCUT2D eigenvalue weighted by Crippen LogP contribution is -2.45. The van der Waals surface area contributed by atoms with E-state index in [9.17, 15) is 0 Å². The fourth-order valence-corrected chi connectivity index (χ4v) is 2.92. The Kier molecular flexibility index (Phi) is 4.62. The maximum atomic E-state index is 4.26. The maximum Gasteiger partial charge on any atom is 0.140 e. The largest absolute Gasteiger partial charge is 0.306 e. The molecular formula is C16H23N5. The lowest BCUT2D eigenvalue weighted by Gasteiger charge is -2.33. The zero-order chi connectivity index (χ0) is 14.5. The fourth-order valence-electron chi connectivity index (χ4n) is 2.92. The van der Waals surface area contributed by atoms with Crippen molar-refractivity contribution in [2.45, 2.75) is 32.0 Å². The summed E-state index contributed by atoms with van der Waals surface area (Å²) in [5, 5.41) is 7.72. The number of aromatic nitrogens is 3. The number of rotatable bonds is 5. The number of likely N-dealkylation sites (tertiary alicyclic amines) is 1. The highest BCUT2D eigenvalue weighted by molar-refractivity contribution is 5.14. The second kappa shape index (κ2) is 6.83. The third kappa shape index (κ3) is 3.89. The van der Waals surface area contributed by atoms with Gasteiger partial charge in [0.1, 0.15) is 12.2 Å². The van der Waals surface area contributed by atoms with E-state index in [4.69, 9.17) is 0 Å². The number of nitrogens with zero attached hydrogens (tertiary/aromatic N) is 4. The van der Waals surface area contributed by atoms with E-state index in [2.05, 4.69) is 50.6 Å². The molecule has 1 aliphatic heterocycles. The Balaban J connectivity index is 1.50. The molecule has 2 aromatic rings. The molecule has 0 spiro atoms. The highest BCUT2D eigenvalue weighted by atomic mass is 15.3. The van der Waals surface area contributed by atoms with Crippen LogP contribution in [0.3, 0.4) is 0 Å². The van der Waals surface area contributed by atoms with Crippen LogP contribution >= 0.6 is 0 Å². The number of hydrogen-bond donors (Lipinski definition) is 1. The number of aryl methyl sites for hydroxylation is 1. The third-order valence-corrected chi connectivity index (χ3v) is 4.11. The van der Waals surface area contributed by atoms with Gasteiger partial charge in [-0.2, -0.15) is 5.10 Å². The van der Waals surface area contributed by atoms with Crippen LogP contribution in [0.2, 0.25) is 0 Å². The van der Waals surface area contributed by atoms with Gasteiger partial charge in [-0.1, -0.05) is 30.3 Å². The molecule has 1 atom stereocenters. The maximum absolute atomic E-state index is 4.26. The molecule has 1 saturated heterocycles. The van der Waals surface area contributed by atoms with Crippen LogP contribution in [-0.2, 0) is 20.1 Å². The van der Waals surface area contributed by atoms with Gasteiger partial charge in [-0.15, -0.1) is 0 Å². The van der Waals surface area contributed by atoms with Crippen molar-refractivity contribution in [1.29, 1.82) is 0 Å². The van der Waals surface area contributed by atoms with Gasteiger partial charge in [0.2, 0.25) is 0 Å². The number of piperidine rings is 1. The normalized spacial score (nSPS) is 19.8. The van der Waals surface area contributed by atoms with Crippen LogP contribution in [0.1, 0.15) is 24.2 Å². The van der Waals surface area contributed by atoms with Crippen LogP contribution in [0.25, 0.3) is 0 Å². The molecule has 0 bridgehead atoms. The quantitative estimate of drug-likeness (QED) is 0.906. The predicted molar refractivity (Wildman–Crippen MR) is 82.6 cm³/mol. The molecule has 0 aliphatic carbocycles. The van der Waals surface area contributed by atoms with E-state index in [-0.39, 0.29) is 0 Å². The van der Waals surface area contributed by atoms with Crippen LogP contribution < -0.4 is 5.32 Å². The summed E-state index contributed by atoms with van der Waals surface area (Å²) in [4.78, 5) is 6.80. The van der Waals surface area contributed by atoms with Gasteiger partial charge in [0.15, 0.2) is 0 Å². The van der Waals surface area contributed by atoms with E-state index in [0.717, 1.165) is 25.5 Å². The van der Waals surface area contributed by atoms with Crippen LogP contribution in [0.4, 0.5) is 0 Å². The standard InChI is InChI=1S/C16H23N5/c1-20-16(18-13-19-20)10-17-15-8-5-9-21(12-15)11-14-6-3-2-4-7-14/h2-4,6-7,13,15,17H,5,8-12H2,1H3. The molecule has 0 saturated carbocycles. The third-order valence-electron chi connectivity index (χ3n) is 4.11. The highest BCUT2D eigenvalue weighted by Crippen LogP contribution is 2.14. The summed E-state index contributed by atoms with van der Waals surface area (Å²) in [6, 6.07) is 11.3. The lowest BCUT2D eigenvalue weighted by atomic mass is 10.0. The smallest absolute Gasteiger partial charge is 0.140 e. The van der Waals surface area contributed by atoms with Crippen molar-refractivity contribution >= 4 is 0 Å². The Morgan fingerprint density at radius 2 is 2.14 bits per heavy atom. The van der Waals surface area contributed by atoms with Gasteiger partial charge < -0.3 is 5.32 Å². The molecule has 21 heavy (non-hydrogen) atoms. The van der Waals surface area contributed by atoms with Gasteiger partial charge in [-0.05, 0) is 24.9 Å². The highest BCUT2D eigenvalue weighted by Gasteiger charge is 2.19. The van der Waals surface area contributed by atoms with E-state index in [0.29, 0.717) is 6.04 Å². The second-order valence-corrected chi connectivity index (χ2v) is 5.74. The van der Waals surface area contributed by atoms with E-state index < -0.39 is 0 Å².